The van der Waals surface area contributed by atoms with Gasteiger partial charge in [-0.15, -0.1) is 0 Å². The van der Waals surface area contributed by atoms with Crippen LogP contribution in [0.3, 0.4) is 0 Å². The monoisotopic (exact) mass is 404 g/mol. The van der Waals surface area contributed by atoms with Gasteiger partial charge in [-0.2, -0.15) is 17.6 Å². The maximum atomic E-state index is 12.6. The molecule has 1 saturated carbocycles. The smallest absolute Gasteiger partial charge is 0.387 e. The van der Waals surface area contributed by atoms with Gasteiger partial charge in [0.05, 0.1) is 10.9 Å². The highest BCUT2D eigenvalue weighted by atomic mass is 32.2. The van der Waals surface area contributed by atoms with E-state index in [9.17, 15) is 22.4 Å². The van der Waals surface area contributed by atoms with Gasteiger partial charge in [0.1, 0.15) is 11.5 Å². The van der Waals surface area contributed by atoms with Crippen LogP contribution in [0.15, 0.2) is 28.1 Å². The number of nitrogens with one attached hydrogen (secondary N) is 1. The van der Waals surface area contributed by atoms with E-state index in [4.69, 9.17) is 0 Å². The number of carbonyl (C=O) groups is 1. The van der Waals surface area contributed by atoms with E-state index in [-0.39, 0.29) is 28.0 Å². The van der Waals surface area contributed by atoms with Gasteiger partial charge in [-0.05, 0) is 42.8 Å². The topological polar surface area (TPSA) is 59.9 Å². The third-order valence-corrected chi connectivity index (χ3v) is 4.91. The number of nitrogens with zero attached hydrogens (tertiary/aromatic N) is 1. The van der Waals surface area contributed by atoms with Crippen molar-refractivity contribution in [2.45, 2.75) is 44.9 Å². The molecule has 0 radical (unpaired) electrons. The number of amides is 1. The number of rotatable bonds is 6. The number of halogens is 4. The Morgan fingerprint density at radius 2 is 1.85 bits per heavy atom. The van der Waals surface area contributed by atoms with Crippen LogP contribution in [0.5, 0.6) is 11.5 Å². The van der Waals surface area contributed by atoms with E-state index in [2.05, 4.69) is 19.8 Å². The Labute approximate surface area is 156 Å². The first-order chi connectivity index (χ1) is 12.9. The van der Waals surface area contributed by atoms with Gasteiger partial charge in [-0.3, -0.25) is 9.79 Å². The summed E-state index contributed by atoms with van der Waals surface area (Å²) < 4.78 is 58.5. The van der Waals surface area contributed by atoms with Crippen molar-refractivity contribution in [1.82, 2.24) is 5.32 Å². The molecular weight excluding hydrogens is 388 g/mol. The summed E-state index contributed by atoms with van der Waals surface area (Å²) in [5.74, 6) is -1.10. The Morgan fingerprint density at radius 3 is 2.52 bits per heavy atom. The summed E-state index contributed by atoms with van der Waals surface area (Å²) in [5.41, 5.74) is 0.136. The van der Waals surface area contributed by atoms with Crippen molar-refractivity contribution in [2.75, 3.05) is 0 Å². The average Bonchev–Trinajstić information content (AvgIpc) is 3.19. The second kappa shape index (κ2) is 8.64. The first kappa shape index (κ1) is 19.5. The maximum absolute atomic E-state index is 12.6. The van der Waals surface area contributed by atoms with Crippen LogP contribution in [0.2, 0.25) is 0 Å². The zero-order valence-corrected chi connectivity index (χ0v) is 14.8. The lowest BCUT2D eigenvalue weighted by atomic mass is 10.1. The van der Waals surface area contributed by atoms with Crippen LogP contribution in [0.1, 0.15) is 31.2 Å². The summed E-state index contributed by atoms with van der Waals surface area (Å²) in [7, 11) is 0. The molecule has 1 N–H and O–H groups in total. The Morgan fingerprint density at radius 1 is 1.15 bits per heavy atom. The molecule has 1 amide bonds. The Kier molecular flexibility index (Phi) is 6.25. The highest BCUT2D eigenvalue weighted by molar-refractivity contribution is 8.18. The van der Waals surface area contributed by atoms with E-state index in [0.717, 1.165) is 43.5 Å². The summed E-state index contributed by atoms with van der Waals surface area (Å²) in [4.78, 5) is 16.8. The molecule has 5 nitrogen and oxygen atoms in total. The molecule has 0 atom stereocenters. The third-order valence-electron chi connectivity index (χ3n) is 3.99. The number of ether oxygens (including phenoxy) is 2. The molecule has 146 valence electrons. The molecule has 2 aliphatic rings. The predicted molar refractivity (Wildman–Crippen MR) is 93.1 cm³/mol. The second-order valence-corrected chi connectivity index (χ2v) is 6.92. The third kappa shape index (κ3) is 5.38. The minimum atomic E-state index is -3.16. The van der Waals surface area contributed by atoms with Crippen LogP contribution in [-0.2, 0) is 4.79 Å². The molecule has 27 heavy (non-hydrogen) atoms. The highest BCUT2D eigenvalue weighted by Crippen LogP contribution is 2.33. The first-order valence-electron chi connectivity index (χ1n) is 8.23. The molecule has 3 rings (SSSR count). The van der Waals surface area contributed by atoms with Crippen molar-refractivity contribution in [3.63, 3.8) is 0 Å². The van der Waals surface area contributed by atoms with Crippen molar-refractivity contribution >= 4 is 28.9 Å². The number of alkyl halides is 4. The molecule has 0 unspecified atom stereocenters. The number of hydrogen-bond donors (Lipinski definition) is 1. The van der Waals surface area contributed by atoms with Crippen molar-refractivity contribution in [2.24, 2.45) is 4.99 Å². The lowest BCUT2D eigenvalue weighted by Crippen LogP contribution is -2.21. The highest BCUT2D eigenvalue weighted by Gasteiger charge is 2.26. The standard InChI is InChI=1S/C17H16F4N2O3S/c18-15(19)25-11-6-5-9(12(8-11)26-16(20)21)7-13-14(24)23-17(27-13)22-10-3-1-2-4-10/h5-8,10,15-16H,1-4H2,(H,22,23,24)/b13-7+. The van der Waals surface area contributed by atoms with Crippen molar-refractivity contribution in [3.8, 4) is 11.5 Å². The number of aliphatic imine (C=N–C) groups is 1. The largest absolute Gasteiger partial charge is 0.435 e. The lowest BCUT2D eigenvalue weighted by molar-refractivity contribution is -0.115. The molecule has 10 heteroatoms. The molecule has 1 aromatic carbocycles. The van der Waals surface area contributed by atoms with Gasteiger partial charge in [-0.1, -0.05) is 12.8 Å². The zero-order valence-electron chi connectivity index (χ0n) is 14.0. The Hall–Kier alpha value is -2.23. The van der Waals surface area contributed by atoms with Gasteiger partial charge in [0.25, 0.3) is 5.91 Å². The molecule has 1 aliphatic heterocycles. The van der Waals surface area contributed by atoms with E-state index < -0.39 is 19.1 Å². The van der Waals surface area contributed by atoms with Gasteiger partial charge in [-0.25, -0.2) is 0 Å². The van der Waals surface area contributed by atoms with Crippen LogP contribution in [0, 0.1) is 0 Å². The van der Waals surface area contributed by atoms with Crippen molar-refractivity contribution in [3.05, 3.63) is 28.7 Å². The molecular formula is C17H16F4N2O3S. The van der Waals surface area contributed by atoms with Gasteiger partial charge >= 0.3 is 13.2 Å². The number of benzene rings is 1. The van der Waals surface area contributed by atoms with E-state index in [1.54, 1.807) is 0 Å². The maximum Gasteiger partial charge on any atom is 0.387 e. The van der Waals surface area contributed by atoms with Gasteiger partial charge in [0, 0.05) is 11.6 Å². The summed E-state index contributed by atoms with van der Waals surface area (Å²) in [5, 5.41) is 3.11. The van der Waals surface area contributed by atoms with E-state index in [1.807, 2.05) is 0 Å². The second-order valence-electron chi connectivity index (χ2n) is 5.89. The Bertz CT molecular complexity index is 765. The fourth-order valence-corrected chi connectivity index (χ4v) is 3.72. The van der Waals surface area contributed by atoms with Gasteiger partial charge in [0.2, 0.25) is 0 Å². The van der Waals surface area contributed by atoms with Gasteiger partial charge in [0.15, 0.2) is 5.17 Å². The molecule has 1 aromatic rings. The normalized spacial score (nSPS) is 20.9. The van der Waals surface area contributed by atoms with Crippen LogP contribution >= 0.6 is 11.8 Å². The summed E-state index contributed by atoms with van der Waals surface area (Å²) >= 11 is 1.10. The number of carbonyl (C=O) groups excluding carboxylic acids is 1. The summed E-state index contributed by atoms with van der Waals surface area (Å²) in [6, 6.07) is 3.55. The van der Waals surface area contributed by atoms with E-state index in [1.165, 1.54) is 18.2 Å². The van der Waals surface area contributed by atoms with Crippen molar-refractivity contribution in [1.29, 1.82) is 0 Å². The summed E-state index contributed by atoms with van der Waals surface area (Å²) in [6.45, 7) is -6.26. The predicted octanol–water partition coefficient (Wildman–Crippen LogP) is 4.39. The molecule has 0 bridgehead atoms. The minimum Gasteiger partial charge on any atom is -0.435 e. The molecule has 1 aliphatic carbocycles. The minimum absolute atomic E-state index is 0.136. The number of amidine groups is 1. The number of thioether (sulfide) groups is 1. The quantitative estimate of drug-likeness (QED) is 0.564. The van der Waals surface area contributed by atoms with E-state index in [0.29, 0.717) is 5.17 Å². The fraction of sp³-hybridized carbons (Fsp3) is 0.412. The van der Waals surface area contributed by atoms with Crippen LogP contribution in [-0.4, -0.2) is 30.3 Å². The van der Waals surface area contributed by atoms with E-state index >= 15 is 0 Å². The average molecular weight is 404 g/mol. The number of hydrogen-bond acceptors (Lipinski definition) is 5. The lowest BCUT2D eigenvalue weighted by Gasteiger charge is -2.11. The van der Waals surface area contributed by atoms with Crippen LogP contribution < -0.4 is 14.8 Å². The molecule has 0 aromatic heterocycles. The molecule has 1 saturated heterocycles. The Balaban J connectivity index is 1.83. The summed E-state index contributed by atoms with van der Waals surface area (Å²) in [6.07, 6.45) is 5.49. The van der Waals surface area contributed by atoms with Crippen LogP contribution in [0.4, 0.5) is 17.6 Å². The zero-order chi connectivity index (χ0) is 19.4. The van der Waals surface area contributed by atoms with Crippen molar-refractivity contribution < 1.29 is 31.8 Å². The van der Waals surface area contributed by atoms with Crippen LogP contribution in [0.25, 0.3) is 6.08 Å². The molecule has 1 heterocycles. The first-order valence-corrected chi connectivity index (χ1v) is 9.05. The molecule has 2 fully saturated rings. The molecule has 0 spiro atoms. The SMILES string of the molecule is O=C1NC(=NC2CCCC2)S/C1=C/c1ccc(OC(F)F)cc1OC(F)F. The van der Waals surface area contributed by atoms with Gasteiger partial charge < -0.3 is 14.8 Å². The fourth-order valence-electron chi connectivity index (χ4n) is 2.84.